The van der Waals surface area contributed by atoms with E-state index >= 15 is 0 Å². The molecule has 156 valence electrons. The van der Waals surface area contributed by atoms with Crippen molar-refractivity contribution in [3.8, 4) is 0 Å². The molecule has 3 rings (SSSR count). The number of carbonyl (C=O) groups is 2. The Kier molecular flexibility index (Phi) is 5.44. The molecular weight excluding hydrogens is 401 g/mol. The van der Waals surface area contributed by atoms with E-state index in [-0.39, 0.29) is 30.3 Å². The van der Waals surface area contributed by atoms with Crippen LogP contribution >= 0.6 is 0 Å². The molecule has 0 unspecified atom stereocenters. The van der Waals surface area contributed by atoms with E-state index in [0.29, 0.717) is 12.1 Å². The summed E-state index contributed by atoms with van der Waals surface area (Å²) in [5, 5.41) is 8.53. The van der Waals surface area contributed by atoms with Crippen molar-refractivity contribution in [3.63, 3.8) is 0 Å². The molecule has 1 fully saturated rings. The number of amides is 3. The second-order valence-electron chi connectivity index (χ2n) is 6.52. The number of rotatable bonds is 3. The minimum atomic E-state index is -2.80. The van der Waals surface area contributed by atoms with E-state index in [1.54, 1.807) is 0 Å². The fourth-order valence-corrected chi connectivity index (χ4v) is 2.79. The summed E-state index contributed by atoms with van der Waals surface area (Å²) >= 11 is 0. The van der Waals surface area contributed by atoms with Gasteiger partial charge in [0, 0.05) is 56.9 Å². The molecule has 0 saturated carbocycles. The molecule has 29 heavy (non-hydrogen) atoms. The highest BCUT2D eigenvalue weighted by molar-refractivity contribution is 6.04. The van der Waals surface area contributed by atoms with E-state index < -0.39 is 48.2 Å². The minimum absolute atomic E-state index is 0.0172. The van der Waals surface area contributed by atoms with Gasteiger partial charge in [0.05, 0.1) is 0 Å². The van der Waals surface area contributed by atoms with Gasteiger partial charge in [-0.2, -0.15) is 5.10 Å². The Balaban J connectivity index is 1.67. The zero-order valence-corrected chi connectivity index (χ0v) is 15.1. The predicted octanol–water partition coefficient (Wildman–Crippen LogP) is 3.35. The van der Waals surface area contributed by atoms with Gasteiger partial charge in [-0.3, -0.25) is 14.8 Å². The van der Waals surface area contributed by atoms with Crippen LogP contribution in [0.15, 0.2) is 18.2 Å². The van der Waals surface area contributed by atoms with Crippen LogP contribution in [0.2, 0.25) is 0 Å². The maximum atomic E-state index is 13.3. The molecule has 3 amide bonds. The van der Waals surface area contributed by atoms with Crippen molar-refractivity contribution in [1.82, 2.24) is 14.7 Å². The maximum absolute atomic E-state index is 13.3. The van der Waals surface area contributed by atoms with Crippen molar-refractivity contribution in [1.29, 1.82) is 0 Å². The lowest BCUT2D eigenvalue weighted by Gasteiger charge is -2.31. The van der Waals surface area contributed by atoms with Crippen molar-refractivity contribution in [3.05, 3.63) is 41.3 Å². The van der Waals surface area contributed by atoms with E-state index in [9.17, 15) is 31.5 Å². The quantitative estimate of drug-likeness (QED) is 0.594. The van der Waals surface area contributed by atoms with E-state index in [4.69, 9.17) is 0 Å². The number of benzene rings is 1. The van der Waals surface area contributed by atoms with Gasteiger partial charge in [-0.05, 0) is 0 Å². The van der Waals surface area contributed by atoms with Crippen LogP contribution in [0.3, 0.4) is 0 Å². The summed E-state index contributed by atoms with van der Waals surface area (Å²) in [4.78, 5) is 25.7. The van der Waals surface area contributed by atoms with Gasteiger partial charge < -0.3 is 10.2 Å². The SMILES string of the molecule is Cn1nc(NC(=O)N2CCC(F)(F)CC2)cc1C(=O)Nc1cc(F)c(F)c(F)c1. The number of hydrogen-bond acceptors (Lipinski definition) is 3. The first-order valence-corrected chi connectivity index (χ1v) is 8.49. The Morgan fingerprint density at radius 3 is 2.21 bits per heavy atom. The van der Waals surface area contributed by atoms with Crippen LogP contribution in [-0.2, 0) is 7.05 Å². The minimum Gasteiger partial charge on any atom is -0.324 e. The summed E-state index contributed by atoms with van der Waals surface area (Å²) in [7, 11) is 1.39. The van der Waals surface area contributed by atoms with Gasteiger partial charge in [-0.1, -0.05) is 0 Å². The summed E-state index contributed by atoms with van der Waals surface area (Å²) in [5.74, 6) is -8.23. The highest BCUT2D eigenvalue weighted by Crippen LogP contribution is 2.28. The molecule has 0 radical (unpaired) electrons. The third-order valence-corrected chi connectivity index (χ3v) is 4.37. The van der Waals surface area contributed by atoms with Crippen LogP contribution in [0.4, 0.5) is 38.3 Å². The number of halogens is 5. The molecule has 12 heteroatoms. The van der Waals surface area contributed by atoms with E-state index in [1.807, 2.05) is 0 Å². The number of aryl methyl sites for hydroxylation is 1. The summed E-state index contributed by atoms with van der Waals surface area (Å²) in [6, 6.07) is 1.78. The molecule has 0 spiro atoms. The lowest BCUT2D eigenvalue weighted by molar-refractivity contribution is -0.0461. The number of nitrogens with one attached hydrogen (secondary N) is 2. The van der Waals surface area contributed by atoms with Crippen molar-refractivity contribution in [2.24, 2.45) is 7.05 Å². The van der Waals surface area contributed by atoms with Gasteiger partial charge >= 0.3 is 6.03 Å². The Morgan fingerprint density at radius 1 is 1.03 bits per heavy atom. The van der Waals surface area contributed by atoms with Gasteiger partial charge in [0.1, 0.15) is 5.69 Å². The molecule has 1 aromatic heterocycles. The van der Waals surface area contributed by atoms with Crippen molar-refractivity contribution in [2.45, 2.75) is 18.8 Å². The van der Waals surface area contributed by atoms with Crippen molar-refractivity contribution >= 4 is 23.4 Å². The van der Waals surface area contributed by atoms with Crippen LogP contribution in [0.5, 0.6) is 0 Å². The van der Waals surface area contributed by atoms with E-state index in [0.717, 1.165) is 4.68 Å². The third-order valence-electron chi connectivity index (χ3n) is 4.37. The standard InChI is InChI=1S/C17H16F5N5O2/c1-26-12(15(28)23-9-6-10(18)14(20)11(19)7-9)8-13(25-26)24-16(29)27-4-2-17(21,22)3-5-27/h6-8H,2-5H2,1H3,(H,23,28)(H,24,25,29). The number of urea groups is 1. The second-order valence-corrected chi connectivity index (χ2v) is 6.52. The molecule has 2 heterocycles. The summed E-state index contributed by atoms with van der Waals surface area (Å²) < 4.78 is 67.0. The lowest BCUT2D eigenvalue weighted by Crippen LogP contribution is -2.44. The monoisotopic (exact) mass is 417 g/mol. The summed E-state index contributed by atoms with van der Waals surface area (Å²) in [5.41, 5.74) is -0.386. The zero-order chi connectivity index (χ0) is 21.3. The molecule has 1 aromatic carbocycles. The smallest absolute Gasteiger partial charge is 0.323 e. The number of likely N-dealkylation sites (tertiary alicyclic amines) is 1. The zero-order valence-electron chi connectivity index (χ0n) is 15.1. The van der Waals surface area contributed by atoms with Gasteiger partial charge in [0.15, 0.2) is 23.3 Å². The van der Waals surface area contributed by atoms with Gasteiger partial charge in [-0.15, -0.1) is 0 Å². The van der Waals surface area contributed by atoms with Crippen molar-refractivity contribution in [2.75, 3.05) is 23.7 Å². The molecule has 2 aromatic rings. The van der Waals surface area contributed by atoms with Crippen molar-refractivity contribution < 1.29 is 31.5 Å². The third kappa shape index (κ3) is 4.63. The fraction of sp³-hybridized carbons (Fsp3) is 0.353. The molecule has 1 aliphatic rings. The molecule has 0 atom stereocenters. The number of alkyl halides is 2. The van der Waals surface area contributed by atoms with Crippen LogP contribution in [-0.4, -0.2) is 45.6 Å². The first-order valence-electron chi connectivity index (χ1n) is 8.49. The maximum Gasteiger partial charge on any atom is 0.323 e. The van der Waals surface area contributed by atoms with E-state index in [1.165, 1.54) is 18.0 Å². The second kappa shape index (κ2) is 7.68. The first kappa shape index (κ1) is 20.6. The van der Waals surface area contributed by atoms with E-state index in [2.05, 4.69) is 15.7 Å². The van der Waals surface area contributed by atoms with Gasteiger partial charge in [-0.25, -0.2) is 26.7 Å². The predicted molar refractivity (Wildman–Crippen MR) is 92.2 cm³/mol. The number of aromatic nitrogens is 2. The normalized spacial score (nSPS) is 15.9. The van der Waals surface area contributed by atoms with Gasteiger partial charge in [0.2, 0.25) is 0 Å². The molecule has 0 bridgehead atoms. The Hall–Kier alpha value is -3.18. The van der Waals surface area contributed by atoms with Crippen LogP contribution < -0.4 is 10.6 Å². The average Bonchev–Trinajstić information content (AvgIpc) is 2.99. The Morgan fingerprint density at radius 2 is 1.62 bits per heavy atom. The molecule has 7 nitrogen and oxygen atoms in total. The molecule has 0 aliphatic carbocycles. The number of nitrogens with zero attached hydrogens (tertiary/aromatic N) is 3. The van der Waals surface area contributed by atoms with Gasteiger partial charge in [0.25, 0.3) is 11.8 Å². The topological polar surface area (TPSA) is 79.3 Å². The van der Waals surface area contributed by atoms with Crippen LogP contribution in [0.25, 0.3) is 0 Å². The number of hydrogen-bond donors (Lipinski definition) is 2. The van der Waals surface area contributed by atoms with Crippen LogP contribution in [0, 0.1) is 17.5 Å². The number of carbonyl (C=O) groups excluding carboxylic acids is 2. The number of anilines is 2. The first-order chi connectivity index (χ1) is 13.6. The Bertz CT molecular complexity index is 929. The summed E-state index contributed by atoms with van der Waals surface area (Å²) in [6.45, 7) is -0.249. The number of piperidine rings is 1. The lowest BCUT2D eigenvalue weighted by atomic mass is 10.1. The molecule has 2 N–H and O–H groups in total. The van der Waals surface area contributed by atoms with Crippen LogP contribution in [0.1, 0.15) is 23.3 Å². The highest BCUT2D eigenvalue weighted by atomic mass is 19.3. The Labute approximate surface area is 161 Å². The largest absolute Gasteiger partial charge is 0.324 e. The molecule has 1 saturated heterocycles. The summed E-state index contributed by atoms with van der Waals surface area (Å²) in [6.07, 6.45) is -0.887. The highest BCUT2D eigenvalue weighted by Gasteiger charge is 2.35. The fourth-order valence-electron chi connectivity index (χ4n) is 2.79. The average molecular weight is 417 g/mol. The molecular formula is C17H16F5N5O2. The molecule has 1 aliphatic heterocycles.